The third-order valence-electron chi connectivity index (χ3n) is 3.13. The molecule has 3 rings (SSSR count). The van der Waals surface area contributed by atoms with Gasteiger partial charge in [-0.15, -0.1) is 0 Å². The number of nitrogens with zero attached hydrogens (tertiary/aromatic N) is 3. The van der Waals surface area contributed by atoms with E-state index in [9.17, 15) is 18.0 Å². The van der Waals surface area contributed by atoms with E-state index in [1.165, 1.54) is 0 Å². The number of para-hydroxylation sites is 1. The number of aromatic nitrogens is 3. The van der Waals surface area contributed by atoms with Crippen molar-refractivity contribution in [2.75, 3.05) is 0 Å². The molecule has 0 fully saturated rings. The van der Waals surface area contributed by atoms with Gasteiger partial charge in [0.1, 0.15) is 0 Å². The molecule has 9 heteroatoms. The Kier molecular flexibility index (Phi) is 3.48. The van der Waals surface area contributed by atoms with Crippen LogP contribution in [0.1, 0.15) is 16.1 Å². The Labute approximate surface area is 131 Å². The highest BCUT2D eigenvalue weighted by Gasteiger charge is 2.39. The third kappa shape index (κ3) is 2.50. The molecule has 0 saturated heterocycles. The van der Waals surface area contributed by atoms with Gasteiger partial charge in [0.15, 0.2) is 11.3 Å². The smallest absolute Gasteiger partial charge is 0.435 e. The molecule has 23 heavy (non-hydrogen) atoms. The van der Waals surface area contributed by atoms with E-state index in [2.05, 4.69) is 10.1 Å². The van der Waals surface area contributed by atoms with Crippen LogP contribution < -0.4 is 0 Å². The van der Waals surface area contributed by atoms with Gasteiger partial charge >= 0.3 is 12.1 Å². The van der Waals surface area contributed by atoms with Crippen molar-refractivity contribution in [3.05, 3.63) is 52.8 Å². The first-order chi connectivity index (χ1) is 10.8. The molecule has 0 aliphatic rings. The average Bonchev–Trinajstić information content (AvgIpc) is 2.88. The number of benzene rings is 1. The van der Waals surface area contributed by atoms with E-state index in [-0.39, 0.29) is 5.65 Å². The Hall–Kier alpha value is -2.61. The van der Waals surface area contributed by atoms with E-state index in [1.807, 2.05) is 0 Å². The number of hydrogen-bond donors (Lipinski definition) is 1. The Bertz CT molecular complexity index is 907. The second-order valence-electron chi connectivity index (χ2n) is 4.58. The van der Waals surface area contributed by atoms with Crippen LogP contribution in [-0.2, 0) is 6.18 Å². The molecule has 0 amide bonds. The Morgan fingerprint density at radius 2 is 1.87 bits per heavy atom. The minimum atomic E-state index is -4.80. The van der Waals surface area contributed by atoms with E-state index in [4.69, 9.17) is 16.7 Å². The zero-order valence-corrected chi connectivity index (χ0v) is 11.9. The molecule has 5 nitrogen and oxygen atoms in total. The molecule has 0 radical (unpaired) electrons. The molecule has 0 spiro atoms. The molecule has 0 unspecified atom stereocenters. The summed E-state index contributed by atoms with van der Waals surface area (Å²) in [7, 11) is 0. The van der Waals surface area contributed by atoms with Gasteiger partial charge in [-0.3, -0.25) is 0 Å². The lowest BCUT2D eigenvalue weighted by molar-refractivity contribution is -0.140. The van der Waals surface area contributed by atoms with Gasteiger partial charge in [0.2, 0.25) is 0 Å². The minimum absolute atomic E-state index is 0.168. The van der Waals surface area contributed by atoms with Crippen LogP contribution in [0.4, 0.5) is 13.2 Å². The van der Waals surface area contributed by atoms with E-state index in [0.29, 0.717) is 5.69 Å². The first kappa shape index (κ1) is 15.3. The maximum absolute atomic E-state index is 13.3. The Balaban J connectivity index is 2.42. The van der Waals surface area contributed by atoms with Crippen molar-refractivity contribution < 1.29 is 23.1 Å². The number of pyridine rings is 1. The summed E-state index contributed by atoms with van der Waals surface area (Å²) in [6.07, 6.45) is -3.89. The first-order valence-corrected chi connectivity index (χ1v) is 6.61. The average molecular weight is 342 g/mol. The maximum Gasteiger partial charge on any atom is 0.435 e. The van der Waals surface area contributed by atoms with Gasteiger partial charge in [0.05, 0.1) is 21.7 Å². The molecular formula is C14H7ClF3N3O2. The fourth-order valence-corrected chi connectivity index (χ4v) is 2.45. The summed E-state index contributed by atoms with van der Waals surface area (Å²) in [5.41, 5.74) is -1.62. The van der Waals surface area contributed by atoms with Gasteiger partial charge in [0, 0.05) is 6.20 Å². The molecule has 0 atom stereocenters. The molecule has 1 N–H and O–H groups in total. The van der Waals surface area contributed by atoms with Crippen LogP contribution in [0.15, 0.2) is 36.5 Å². The van der Waals surface area contributed by atoms with E-state index in [1.54, 1.807) is 30.3 Å². The lowest BCUT2D eigenvalue weighted by atomic mass is 10.2. The maximum atomic E-state index is 13.3. The van der Waals surface area contributed by atoms with Crippen molar-refractivity contribution in [1.29, 1.82) is 0 Å². The van der Waals surface area contributed by atoms with Crippen molar-refractivity contribution in [2.45, 2.75) is 6.18 Å². The van der Waals surface area contributed by atoms with Crippen molar-refractivity contribution in [3.63, 3.8) is 0 Å². The number of carboxylic acids is 1. The van der Waals surface area contributed by atoms with Crippen LogP contribution in [0.2, 0.25) is 5.02 Å². The summed E-state index contributed by atoms with van der Waals surface area (Å²) in [4.78, 5) is 14.9. The molecule has 0 saturated carbocycles. The van der Waals surface area contributed by atoms with Gasteiger partial charge in [-0.1, -0.05) is 29.8 Å². The molecule has 0 bridgehead atoms. The molecule has 118 valence electrons. The molecule has 2 aromatic heterocycles. The van der Waals surface area contributed by atoms with Crippen molar-refractivity contribution in [3.8, 4) is 5.69 Å². The molecule has 0 aliphatic heterocycles. The Morgan fingerprint density at radius 3 is 2.43 bits per heavy atom. The number of rotatable bonds is 2. The largest absolute Gasteiger partial charge is 0.478 e. The zero-order valence-electron chi connectivity index (χ0n) is 11.2. The normalized spacial score (nSPS) is 11.8. The Morgan fingerprint density at radius 1 is 1.22 bits per heavy atom. The number of alkyl halides is 3. The van der Waals surface area contributed by atoms with E-state index >= 15 is 0 Å². The fourth-order valence-electron chi connectivity index (χ4n) is 2.14. The minimum Gasteiger partial charge on any atom is -0.478 e. The topological polar surface area (TPSA) is 68.0 Å². The molecule has 2 heterocycles. The molecular weight excluding hydrogens is 335 g/mol. The van der Waals surface area contributed by atoms with E-state index < -0.39 is 33.8 Å². The fraction of sp³-hybridized carbons (Fsp3) is 0.0714. The van der Waals surface area contributed by atoms with Crippen LogP contribution >= 0.6 is 11.6 Å². The predicted octanol–water partition coefficient (Wildman–Crippen LogP) is 3.79. The quantitative estimate of drug-likeness (QED) is 0.770. The summed E-state index contributed by atoms with van der Waals surface area (Å²) in [5, 5.41) is 11.5. The van der Waals surface area contributed by atoms with Crippen LogP contribution in [-0.4, -0.2) is 25.8 Å². The first-order valence-electron chi connectivity index (χ1n) is 6.24. The monoisotopic (exact) mass is 341 g/mol. The van der Waals surface area contributed by atoms with Crippen LogP contribution in [0.3, 0.4) is 0 Å². The summed E-state index contributed by atoms with van der Waals surface area (Å²) in [6, 6.07) is 8.05. The summed E-state index contributed by atoms with van der Waals surface area (Å²) in [6.45, 7) is 0. The van der Waals surface area contributed by atoms with Crippen LogP contribution in [0.5, 0.6) is 0 Å². The number of carbonyl (C=O) groups is 1. The highest BCUT2D eigenvalue weighted by Crippen LogP contribution is 2.38. The molecule has 3 aromatic rings. The standard InChI is InChI=1S/C14H7ClF3N3O2/c15-10-8(13(22)23)6-19-12-9(10)11(14(16,17)18)20-21(12)7-4-2-1-3-5-7/h1-6H,(H,22,23). The van der Waals surface area contributed by atoms with Crippen LogP contribution in [0.25, 0.3) is 16.7 Å². The second-order valence-corrected chi connectivity index (χ2v) is 4.96. The lowest BCUT2D eigenvalue weighted by Gasteiger charge is -2.04. The van der Waals surface area contributed by atoms with Gasteiger partial charge < -0.3 is 5.11 Å². The second kappa shape index (κ2) is 5.24. The lowest BCUT2D eigenvalue weighted by Crippen LogP contribution is -2.08. The van der Waals surface area contributed by atoms with Gasteiger partial charge in [-0.25, -0.2) is 14.5 Å². The third-order valence-corrected chi connectivity index (χ3v) is 3.53. The molecule has 1 aromatic carbocycles. The molecule has 0 aliphatic carbocycles. The SMILES string of the molecule is O=C(O)c1cnc2c(c(C(F)(F)F)nn2-c2ccccc2)c1Cl. The van der Waals surface area contributed by atoms with Crippen molar-refractivity contribution >= 4 is 28.6 Å². The van der Waals surface area contributed by atoms with Gasteiger partial charge in [-0.05, 0) is 12.1 Å². The summed E-state index contributed by atoms with van der Waals surface area (Å²) < 4.78 is 40.7. The highest BCUT2D eigenvalue weighted by atomic mass is 35.5. The number of hydrogen-bond acceptors (Lipinski definition) is 3. The number of halogens is 4. The van der Waals surface area contributed by atoms with Gasteiger partial charge in [0.25, 0.3) is 0 Å². The summed E-state index contributed by atoms with van der Waals surface area (Å²) >= 11 is 5.87. The summed E-state index contributed by atoms with van der Waals surface area (Å²) in [5.74, 6) is -1.47. The number of fused-ring (bicyclic) bond motifs is 1. The van der Waals surface area contributed by atoms with Gasteiger partial charge in [-0.2, -0.15) is 18.3 Å². The van der Waals surface area contributed by atoms with Crippen LogP contribution in [0, 0.1) is 0 Å². The number of carboxylic acid groups (broad SMARTS) is 1. The van der Waals surface area contributed by atoms with Crippen molar-refractivity contribution in [2.24, 2.45) is 0 Å². The number of aromatic carboxylic acids is 1. The van der Waals surface area contributed by atoms with E-state index in [0.717, 1.165) is 10.9 Å². The van der Waals surface area contributed by atoms with Crippen molar-refractivity contribution in [1.82, 2.24) is 14.8 Å². The predicted molar refractivity (Wildman–Crippen MR) is 75.8 cm³/mol. The zero-order chi connectivity index (χ0) is 16.8. The highest BCUT2D eigenvalue weighted by molar-refractivity contribution is 6.38.